The van der Waals surface area contributed by atoms with Crippen molar-refractivity contribution in [1.29, 1.82) is 0 Å². The summed E-state index contributed by atoms with van der Waals surface area (Å²) in [5.41, 5.74) is 2.90. The van der Waals surface area contributed by atoms with E-state index in [1.54, 1.807) is 39.5 Å². The van der Waals surface area contributed by atoms with Gasteiger partial charge in [0.2, 0.25) is 17.6 Å². The van der Waals surface area contributed by atoms with E-state index >= 15 is 4.39 Å². The minimum atomic E-state index is -0.498. The Bertz CT molecular complexity index is 1430. The second kappa shape index (κ2) is 12.6. The van der Waals surface area contributed by atoms with Crippen LogP contribution in [0.4, 0.5) is 4.39 Å². The zero-order valence-corrected chi connectivity index (χ0v) is 24.6. The van der Waals surface area contributed by atoms with E-state index in [1.165, 1.54) is 7.11 Å². The number of aromatic nitrogens is 2. The molecule has 0 fully saturated rings. The Kier molecular flexibility index (Phi) is 9.24. The molecule has 206 valence electrons. The number of fused-ring (bicyclic) bond motifs is 1. The van der Waals surface area contributed by atoms with Crippen LogP contribution >= 0.6 is 15.9 Å². The molecule has 2 aromatic heterocycles. The molecule has 0 saturated carbocycles. The van der Waals surface area contributed by atoms with E-state index in [2.05, 4.69) is 25.8 Å². The fourth-order valence-corrected chi connectivity index (χ4v) is 5.28. The summed E-state index contributed by atoms with van der Waals surface area (Å²) in [6.07, 6.45) is 0.685. The first-order chi connectivity index (χ1) is 18.8. The maximum Gasteiger partial charge on any atom is 0.217 e. The fourth-order valence-electron chi connectivity index (χ4n) is 4.91. The lowest BCUT2D eigenvalue weighted by molar-refractivity contribution is 0.349. The maximum absolute atomic E-state index is 16.1. The van der Waals surface area contributed by atoms with Gasteiger partial charge in [0.25, 0.3) is 0 Å². The van der Waals surface area contributed by atoms with Crippen molar-refractivity contribution in [2.75, 3.05) is 49.1 Å². The van der Waals surface area contributed by atoms with Gasteiger partial charge in [-0.2, -0.15) is 4.98 Å². The molecule has 0 amide bonds. The van der Waals surface area contributed by atoms with E-state index in [0.717, 1.165) is 33.0 Å². The van der Waals surface area contributed by atoms with E-state index in [1.807, 2.05) is 50.5 Å². The van der Waals surface area contributed by atoms with E-state index in [-0.39, 0.29) is 11.7 Å². The van der Waals surface area contributed by atoms with Crippen molar-refractivity contribution >= 4 is 26.8 Å². The molecule has 0 spiro atoms. The second-order valence-electron chi connectivity index (χ2n) is 9.45. The number of methoxy groups -OCH3 is 4. The van der Waals surface area contributed by atoms with Crippen LogP contribution in [0.3, 0.4) is 0 Å². The first-order valence-corrected chi connectivity index (χ1v) is 13.3. The van der Waals surface area contributed by atoms with Gasteiger partial charge in [-0.1, -0.05) is 28.1 Å². The first kappa shape index (κ1) is 28.6. The SMILES string of the molecule is COc1cc(C(CCN(C)C)[C@@H](c2cc3cc(Br)ccc3nc2OC)c2cccc(OC)c2F)cc(OC)n1. The monoisotopic (exact) mass is 597 g/mol. The Balaban J connectivity index is 2.06. The minimum Gasteiger partial charge on any atom is -0.494 e. The van der Waals surface area contributed by atoms with Crippen molar-refractivity contribution in [3.63, 3.8) is 0 Å². The van der Waals surface area contributed by atoms with Crippen LogP contribution in [0, 0.1) is 5.82 Å². The highest BCUT2D eigenvalue weighted by Crippen LogP contribution is 2.47. The van der Waals surface area contributed by atoms with Crippen molar-refractivity contribution < 1.29 is 23.3 Å². The van der Waals surface area contributed by atoms with Gasteiger partial charge in [0.15, 0.2) is 11.6 Å². The molecule has 4 rings (SSSR count). The predicted octanol–water partition coefficient (Wildman–Crippen LogP) is 6.43. The Morgan fingerprint density at radius 2 is 1.56 bits per heavy atom. The molecule has 2 heterocycles. The summed E-state index contributed by atoms with van der Waals surface area (Å²) in [6, 6.07) is 16.9. The summed E-state index contributed by atoms with van der Waals surface area (Å²) in [4.78, 5) is 11.3. The lowest BCUT2D eigenvalue weighted by atomic mass is 9.75. The first-order valence-electron chi connectivity index (χ1n) is 12.5. The van der Waals surface area contributed by atoms with Crippen molar-refractivity contribution in [2.45, 2.75) is 18.3 Å². The van der Waals surface area contributed by atoms with Gasteiger partial charge in [-0.25, -0.2) is 9.37 Å². The Hall–Kier alpha value is -3.43. The zero-order valence-electron chi connectivity index (χ0n) is 23.0. The molecular formula is C30H33BrFN3O4. The van der Waals surface area contributed by atoms with Crippen LogP contribution in [0.15, 0.2) is 59.1 Å². The van der Waals surface area contributed by atoms with Crippen LogP contribution in [0.2, 0.25) is 0 Å². The number of hydrogen-bond acceptors (Lipinski definition) is 7. The van der Waals surface area contributed by atoms with Gasteiger partial charge >= 0.3 is 0 Å². The number of rotatable bonds is 11. The topological polar surface area (TPSA) is 65.9 Å². The normalized spacial score (nSPS) is 12.8. The molecule has 39 heavy (non-hydrogen) atoms. The smallest absolute Gasteiger partial charge is 0.217 e. The predicted molar refractivity (Wildman–Crippen MR) is 154 cm³/mol. The molecule has 0 aliphatic heterocycles. The summed E-state index contributed by atoms with van der Waals surface area (Å²) >= 11 is 3.57. The quantitative estimate of drug-likeness (QED) is 0.197. The summed E-state index contributed by atoms with van der Waals surface area (Å²) in [6.45, 7) is 0.745. The van der Waals surface area contributed by atoms with Crippen molar-refractivity contribution in [3.8, 4) is 23.4 Å². The molecule has 0 saturated heterocycles. The van der Waals surface area contributed by atoms with Gasteiger partial charge in [-0.3, -0.25) is 0 Å². The number of benzene rings is 2. The highest BCUT2D eigenvalue weighted by atomic mass is 79.9. The zero-order chi connectivity index (χ0) is 28.1. The maximum atomic E-state index is 16.1. The minimum absolute atomic E-state index is 0.171. The summed E-state index contributed by atoms with van der Waals surface area (Å²) in [5.74, 6) is 0.268. The van der Waals surface area contributed by atoms with E-state index in [9.17, 15) is 0 Å². The van der Waals surface area contributed by atoms with Crippen molar-refractivity contribution in [3.05, 3.63) is 81.6 Å². The molecule has 9 heteroatoms. The van der Waals surface area contributed by atoms with Crippen molar-refractivity contribution in [2.24, 2.45) is 0 Å². The van der Waals surface area contributed by atoms with Crippen LogP contribution in [-0.4, -0.2) is 63.9 Å². The third-order valence-electron chi connectivity index (χ3n) is 6.78. The molecule has 4 aromatic rings. The lowest BCUT2D eigenvalue weighted by Gasteiger charge is -2.31. The standard InChI is InChI=1S/C30H33BrFN3O4/c1-35(2)13-12-21(18-16-26(37-4)34-27(17-18)38-5)28(22-8-7-9-25(36-3)29(22)32)23-15-19-14-20(31)10-11-24(19)33-30(23)39-6/h7-11,14-17,21,28H,12-13H2,1-6H3/t21?,28-/m1/s1. The Morgan fingerprint density at radius 1 is 0.846 bits per heavy atom. The fraction of sp³-hybridized carbons (Fsp3) is 0.333. The summed E-state index contributed by atoms with van der Waals surface area (Å²) < 4.78 is 39.3. The van der Waals surface area contributed by atoms with Crippen LogP contribution in [0.25, 0.3) is 10.9 Å². The van der Waals surface area contributed by atoms with Gasteiger partial charge in [0, 0.05) is 33.5 Å². The second-order valence-corrected chi connectivity index (χ2v) is 10.4. The third-order valence-corrected chi connectivity index (χ3v) is 7.28. The summed E-state index contributed by atoms with van der Waals surface area (Å²) in [5, 5.41) is 0.907. The van der Waals surface area contributed by atoms with Crippen molar-refractivity contribution in [1.82, 2.24) is 14.9 Å². The van der Waals surface area contributed by atoms with Gasteiger partial charge in [0.1, 0.15) is 0 Å². The lowest BCUT2D eigenvalue weighted by Crippen LogP contribution is -2.22. The molecule has 0 N–H and O–H groups in total. The molecule has 0 bridgehead atoms. The molecule has 2 atom stereocenters. The molecule has 1 unspecified atom stereocenters. The van der Waals surface area contributed by atoms with Crippen LogP contribution in [0.1, 0.15) is 34.9 Å². The van der Waals surface area contributed by atoms with Gasteiger partial charge in [-0.05, 0) is 74.4 Å². The average molecular weight is 599 g/mol. The molecule has 0 aliphatic rings. The average Bonchev–Trinajstić information content (AvgIpc) is 2.94. The van der Waals surface area contributed by atoms with Crippen LogP contribution in [0.5, 0.6) is 23.4 Å². The molecule has 0 aliphatic carbocycles. The number of ether oxygens (including phenoxy) is 4. The van der Waals surface area contributed by atoms with Crippen LogP contribution in [-0.2, 0) is 0 Å². The summed E-state index contributed by atoms with van der Waals surface area (Å²) in [7, 11) is 10.2. The largest absolute Gasteiger partial charge is 0.494 e. The van der Waals surface area contributed by atoms with Crippen LogP contribution < -0.4 is 18.9 Å². The van der Waals surface area contributed by atoms with Gasteiger partial charge < -0.3 is 23.8 Å². The highest BCUT2D eigenvalue weighted by molar-refractivity contribution is 9.10. The van der Waals surface area contributed by atoms with E-state index in [0.29, 0.717) is 29.6 Å². The van der Waals surface area contributed by atoms with E-state index < -0.39 is 11.7 Å². The molecule has 0 radical (unpaired) electrons. The number of hydrogen-bond donors (Lipinski definition) is 0. The Labute approximate surface area is 237 Å². The third kappa shape index (κ3) is 6.25. The molecule has 7 nitrogen and oxygen atoms in total. The Morgan fingerprint density at radius 3 is 2.18 bits per heavy atom. The molecule has 2 aromatic carbocycles. The number of nitrogens with zero attached hydrogens (tertiary/aromatic N) is 3. The van der Waals surface area contributed by atoms with Gasteiger partial charge in [-0.15, -0.1) is 0 Å². The molecular weight excluding hydrogens is 565 g/mol. The number of halogens is 2. The number of pyridine rings is 2. The van der Waals surface area contributed by atoms with Gasteiger partial charge in [0.05, 0.1) is 34.0 Å². The van der Waals surface area contributed by atoms with E-state index in [4.69, 9.17) is 23.9 Å². The highest BCUT2D eigenvalue weighted by Gasteiger charge is 2.33.